The number of methoxy groups -OCH3 is 2. The molecule has 2 aromatic carbocycles. The van der Waals surface area contributed by atoms with Gasteiger partial charge in [0.25, 0.3) is 0 Å². The lowest BCUT2D eigenvalue weighted by molar-refractivity contribution is 0.195. The van der Waals surface area contributed by atoms with E-state index in [1.54, 1.807) is 14.2 Å². The fourth-order valence-electron chi connectivity index (χ4n) is 4.17. The first kappa shape index (κ1) is 21.1. The molecule has 1 fully saturated rings. The van der Waals surface area contributed by atoms with Gasteiger partial charge in [0.1, 0.15) is 17.5 Å². The van der Waals surface area contributed by atoms with Crippen molar-refractivity contribution < 1.29 is 9.47 Å². The number of ether oxygens (including phenoxy) is 2. The minimum Gasteiger partial charge on any atom is -0.497 e. The molecule has 0 radical (unpaired) electrons. The van der Waals surface area contributed by atoms with Crippen LogP contribution in [-0.2, 0) is 0 Å². The molecule has 0 aliphatic carbocycles. The molecular weight excluding hydrogens is 392 g/mol. The van der Waals surface area contributed by atoms with Gasteiger partial charge in [0, 0.05) is 37.4 Å². The third-order valence-electron chi connectivity index (χ3n) is 5.80. The van der Waals surface area contributed by atoms with E-state index in [1.165, 1.54) is 5.69 Å². The Bertz CT molecular complexity index is 980. The Balaban J connectivity index is 1.61. The molecule has 3 aromatic rings. The van der Waals surface area contributed by atoms with Crippen LogP contribution in [0.2, 0.25) is 0 Å². The van der Waals surface area contributed by atoms with Crippen molar-refractivity contribution in [1.29, 1.82) is 0 Å². The SMILES string of the molecule is COc1ccc(N2CCN(C(c3ccccc3OC)c3nnnn3C(C)C)CC2)cc1. The maximum Gasteiger partial charge on any atom is 0.173 e. The first-order valence-corrected chi connectivity index (χ1v) is 10.7. The van der Waals surface area contributed by atoms with Crippen LogP contribution in [0.25, 0.3) is 0 Å². The lowest BCUT2D eigenvalue weighted by Gasteiger charge is -2.40. The van der Waals surface area contributed by atoms with Gasteiger partial charge in [0.05, 0.1) is 20.3 Å². The second-order valence-corrected chi connectivity index (χ2v) is 7.94. The molecule has 2 heterocycles. The van der Waals surface area contributed by atoms with Crippen molar-refractivity contribution >= 4 is 5.69 Å². The van der Waals surface area contributed by atoms with Crippen LogP contribution in [0.1, 0.15) is 37.3 Å². The predicted molar refractivity (Wildman–Crippen MR) is 120 cm³/mol. The number of nitrogens with zero attached hydrogens (tertiary/aromatic N) is 6. The van der Waals surface area contributed by atoms with E-state index in [2.05, 4.69) is 57.4 Å². The molecule has 0 spiro atoms. The molecule has 0 amide bonds. The Kier molecular flexibility index (Phi) is 6.36. The van der Waals surface area contributed by atoms with Crippen LogP contribution in [0.5, 0.6) is 11.5 Å². The van der Waals surface area contributed by atoms with E-state index in [1.807, 2.05) is 35.0 Å². The Labute approximate surface area is 183 Å². The molecule has 1 saturated heterocycles. The number of rotatable bonds is 7. The van der Waals surface area contributed by atoms with Crippen molar-refractivity contribution in [3.63, 3.8) is 0 Å². The Morgan fingerprint density at radius 1 is 0.871 bits per heavy atom. The van der Waals surface area contributed by atoms with E-state index >= 15 is 0 Å². The highest BCUT2D eigenvalue weighted by Gasteiger charge is 2.33. The Morgan fingerprint density at radius 2 is 1.58 bits per heavy atom. The molecule has 31 heavy (non-hydrogen) atoms. The Hall–Kier alpha value is -3.13. The van der Waals surface area contributed by atoms with Gasteiger partial charge < -0.3 is 14.4 Å². The number of aromatic nitrogens is 4. The summed E-state index contributed by atoms with van der Waals surface area (Å²) in [6, 6.07) is 16.5. The molecule has 1 aliphatic heterocycles. The van der Waals surface area contributed by atoms with Crippen molar-refractivity contribution in [1.82, 2.24) is 25.1 Å². The van der Waals surface area contributed by atoms with Gasteiger partial charge in [-0.15, -0.1) is 5.10 Å². The van der Waals surface area contributed by atoms with Gasteiger partial charge in [-0.2, -0.15) is 0 Å². The van der Waals surface area contributed by atoms with E-state index in [4.69, 9.17) is 9.47 Å². The molecule has 0 saturated carbocycles. The van der Waals surface area contributed by atoms with Crippen LogP contribution in [-0.4, -0.2) is 65.5 Å². The predicted octanol–water partition coefficient (Wildman–Crippen LogP) is 3.18. The van der Waals surface area contributed by atoms with Crippen LogP contribution >= 0.6 is 0 Å². The molecular formula is C23H30N6O2. The average molecular weight is 423 g/mol. The summed E-state index contributed by atoms with van der Waals surface area (Å²) in [5.41, 5.74) is 2.29. The van der Waals surface area contributed by atoms with E-state index in [0.29, 0.717) is 0 Å². The average Bonchev–Trinajstić information content (AvgIpc) is 3.30. The van der Waals surface area contributed by atoms with Crippen molar-refractivity contribution in [2.24, 2.45) is 0 Å². The summed E-state index contributed by atoms with van der Waals surface area (Å²) in [6.07, 6.45) is 0. The summed E-state index contributed by atoms with van der Waals surface area (Å²) >= 11 is 0. The number of hydrogen-bond acceptors (Lipinski definition) is 7. The van der Waals surface area contributed by atoms with Crippen LogP contribution in [0, 0.1) is 0 Å². The van der Waals surface area contributed by atoms with Crippen molar-refractivity contribution in [2.45, 2.75) is 25.9 Å². The summed E-state index contributed by atoms with van der Waals surface area (Å²) in [5, 5.41) is 12.7. The van der Waals surface area contributed by atoms with Gasteiger partial charge in [-0.25, -0.2) is 4.68 Å². The van der Waals surface area contributed by atoms with Crippen LogP contribution in [0.15, 0.2) is 48.5 Å². The minimum absolute atomic E-state index is 0.0773. The molecule has 8 heteroatoms. The van der Waals surface area contributed by atoms with Crippen LogP contribution < -0.4 is 14.4 Å². The number of benzene rings is 2. The van der Waals surface area contributed by atoms with Gasteiger partial charge in [-0.05, 0) is 54.6 Å². The topological polar surface area (TPSA) is 68.5 Å². The molecule has 1 unspecified atom stereocenters. The third kappa shape index (κ3) is 4.34. The van der Waals surface area contributed by atoms with Crippen molar-refractivity contribution in [3.05, 3.63) is 59.9 Å². The molecule has 1 atom stereocenters. The van der Waals surface area contributed by atoms with Crippen molar-refractivity contribution in [3.8, 4) is 11.5 Å². The quantitative estimate of drug-likeness (QED) is 0.579. The van der Waals surface area contributed by atoms with E-state index in [9.17, 15) is 0 Å². The molecule has 0 bridgehead atoms. The lowest BCUT2D eigenvalue weighted by Crippen LogP contribution is -2.48. The van der Waals surface area contributed by atoms with Gasteiger partial charge in [0.15, 0.2) is 5.82 Å². The molecule has 8 nitrogen and oxygen atoms in total. The van der Waals surface area contributed by atoms with Crippen LogP contribution in [0.4, 0.5) is 5.69 Å². The standard InChI is InChI=1S/C23H30N6O2/c1-17(2)29-23(24-25-26-29)22(20-7-5-6-8-21(20)31-4)28-15-13-27(14-16-28)18-9-11-19(30-3)12-10-18/h5-12,17,22H,13-16H2,1-4H3. The first-order chi connectivity index (χ1) is 15.1. The van der Waals surface area contributed by atoms with Crippen LogP contribution in [0.3, 0.4) is 0 Å². The highest BCUT2D eigenvalue weighted by atomic mass is 16.5. The van der Waals surface area contributed by atoms with Gasteiger partial charge >= 0.3 is 0 Å². The fraction of sp³-hybridized carbons (Fsp3) is 0.435. The summed E-state index contributed by atoms with van der Waals surface area (Å²) in [5.74, 6) is 2.57. The summed E-state index contributed by atoms with van der Waals surface area (Å²) in [6.45, 7) is 7.81. The summed E-state index contributed by atoms with van der Waals surface area (Å²) in [4.78, 5) is 4.85. The van der Waals surface area contributed by atoms with E-state index < -0.39 is 0 Å². The monoisotopic (exact) mass is 422 g/mol. The first-order valence-electron chi connectivity index (χ1n) is 10.7. The highest BCUT2D eigenvalue weighted by Crippen LogP contribution is 2.35. The zero-order valence-corrected chi connectivity index (χ0v) is 18.6. The highest BCUT2D eigenvalue weighted by molar-refractivity contribution is 5.49. The number of hydrogen-bond donors (Lipinski definition) is 0. The molecule has 1 aliphatic rings. The number of para-hydroxylation sites is 1. The lowest BCUT2D eigenvalue weighted by atomic mass is 10.0. The number of tetrazole rings is 1. The van der Waals surface area contributed by atoms with Gasteiger partial charge in [0.2, 0.25) is 0 Å². The minimum atomic E-state index is -0.0773. The van der Waals surface area contributed by atoms with Gasteiger partial charge in [-0.1, -0.05) is 18.2 Å². The fourth-order valence-corrected chi connectivity index (χ4v) is 4.17. The second-order valence-electron chi connectivity index (χ2n) is 7.94. The number of anilines is 1. The molecule has 1 aromatic heterocycles. The summed E-state index contributed by atoms with van der Waals surface area (Å²) in [7, 11) is 3.40. The smallest absolute Gasteiger partial charge is 0.173 e. The zero-order chi connectivity index (χ0) is 21.8. The maximum absolute atomic E-state index is 5.70. The van der Waals surface area contributed by atoms with Crippen molar-refractivity contribution in [2.75, 3.05) is 45.3 Å². The van der Waals surface area contributed by atoms with Gasteiger partial charge in [-0.3, -0.25) is 4.90 Å². The largest absolute Gasteiger partial charge is 0.497 e. The van der Waals surface area contributed by atoms with E-state index in [-0.39, 0.29) is 12.1 Å². The normalized spacial score (nSPS) is 15.8. The zero-order valence-electron chi connectivity index (χ0n) is 18.6. The maximum atomic E-state index is 5.70. The molecule has 0 N–H and O–H groups in total. The molecule has 164 valence electrons. The van der Waals surface area contributed by atoms with E-state index in [0.717, 1.165) is 49.1 Å². The molecule has 4 rings (SSSR count). The number of piperazine rings is 1. The Morgan fingerprint density at radius 3 is 2.23 bits per heavy atom. The summed E-state index contributed by atoms with van der Waals surface area (Å²) < 4.78 is 12.9. The third-order valence-corrected chi connectivity index (χ3v) is 5.80. The second kappa shape index (κ2) is 9.34.